The number of piperidine rings is 1. The molecule has 178 valence electrons. The number of hydrogen-bond acceptors (Lipinski definition) is 3. The normalized spacial score (nSPS) is 24.2. The molecule has 1 heterocycles. The minimum Gasteiger partial charge on any atom is -0.373 e. The largest absolute Gasteiger partial charge is 0.373 e. The molecule has 1 saturated heterocycles. The average Bonchev–Trinajstić information content (AvgIpc) is 3.67. The molecule has 4 rings (SSSR count). The van der Waals surface area contributed by atoms with Crippen LogP contribution in [0.5, 0.6) is 0 Å². The van der Waals surface area contributed by atoms with Crippen molar-refractivity contribution in [3.05, 3.63) is 35.9 Å². The molecule has 1 aliphatic heterocycles. The lowest BCUT2D eigenvalue weighted by Gasteiger charge is -2.38. The van der Waals surface area contributed by atoms with Gasteiger partial charge in [-0.25, -0.2) is 4.79 Å². The highest BCUT2D eigenvalue weighted by atomic mass is 16.5. The van der Waals surface area contributed by atoms with E-state index in [0.717, 1.165) is 44.9 Å². The van der Waals surface area contributed by atoms with Crippen LogP contribution in [0.15, 0.2) is 30.3 Å². The number of urea groups is 1. The van der Waals surface area contributed by atoms with Crippen LogP contribution in [0.2, 0.25) is 0 Å². The van der Waals surface area contributed by atoms with Crippen LogP contribution in [-0.4, -0.2) is 43.2 Å². The van der Waals surface area contributed by atoms with Crippen molar-refractivity contribution in [2.45, 2.75) is 82.8 Å². The van der Waals surface area contributed by atoms with Crippen molar-refractivity contribution in [2.75, 3.05) is 26.2 Å². The van der Waals surface area contributed by atoms with Gasteiger partial charge in [0.1, 0.15) is 0 Å². The van der Waals surface area contributed by atoms with E-state index in [-0.39, 0.29) is 18.2 Å². The molecule has 1 aromatic rings. The first-order chi connectivity index (χ1) is 15.7. The molecule has 3 atom stereocenters. The fourth-order valence-electron chi connectivity index (χ4n) is 5.66. The second kappa shape index (κ2) is 12.0. The van der Waals surface area contributed by atoms with Gasteiger partial charge in [0.25, 0.3) is 0 Å². The lowest BCUT2D eigenvalue weighted by Crippen LogP contribution is -2.51. The van der Waals surface area contributed by atoms with E-state index in [0.29, 0.717) is 18.4 Å². The van der Waals surface area contributed by atoms with Gasteiger partial charge in [0, 0.05) is 38.2 Å². The zero-order chi connectivity index (χ0) is 22.2. The Bertz CT molecular complexity index is 687. The molecular formula is C27H43N3O2. The van der Waals surface area contributed by atoms with E-state index < -0.39 is 0 Å². The highest BCUT2D eigenvalue weighted by molar-refractivity contribution is 5.74. The van der Waals surface area contributed by atoms with E-state index in [1.54, 1.807) is 0 Å². The summed E-state index contributed by atoms with van der Waals surface area (Å²) in [6, 6.07) is 10.8. The van der Waals surface area contributed by atoms with Crippen molar-refractivity contribution in [3.8, 4) is 0 Å². The predicted molar refractivity (Wildman–Crippen MR) is 129 cm³/mol. The Morgan fingerprint density at radius 3 is 2.53 bits per heavy atom. The minimum atomic E-state index is 0.0609. The minimum absolute atomic E-state index is 0.0609. The molecule has 0 spiro atoms. The third kappa shape index (κ3) is 6.95. The number of rotatable bonds is 10. The second-order valence-corrected chi connectivity index (χ2v) is 10.4. The van der Waals surface area contributed by atoms with Crippen molar-refractivity contribution >= 4 is 6.03 Å². The average molecular weight is 442 g/mol. The smallest absolute Gasteiger partial charge is 0.317 e. The Morgan fingerprint density at radius 2 is 1.81 bits per heavy atom. The molecule has 2 amide bonds. The summed E-state index contributed by atoms with van der Waals surface area (Å²) < 4.78 is 6.47. The van der Waals surface area contributed by atoms with Crippen LogP contribution in [0.25, 0.3) is 0 Å². The second-order valence-electron chi connectivity index (χ2n) is 10.4. The fourth-order valence-corrected chi connectivity index (χ4v) is 5.66. The predicted octanol–water partition coefficient (Wildman–Crippen LogP) is 5.26. The monoisotopic (exact) mass is 441 g/mol. The molecule has 1 aromatic carbocycles. The van der Waals surface area contributed by atoms with E-state index >= 15 is 0 Å². The van der Waals surface area contributed by atoms with Gasteiger partial charge in [-0.3, -0.25) is 0 Å². The highest BCUT2D eigenvalue weighted by Gasteiger charge is 2.32. The third-order valence-electron chi connectivity index (χ3n) is 7.78. The van der Waals surface area contributed by atoms with Crippen LogP contribution in [0.1, 0.15) is 82.3 Å². The maximum absolute atomic E-state index is 13.1. The van der Waals surface area contributed by atoms with E-state index in [4.69, 9.17) is 10.5 Å². The molecule has 2 aliphatic carbocycles. The topological polar surface area (TPSA) is 67.6 Å². The number of carbonyl (C=O) groups excluding carboxylic acids is 1. The lowest BCUT2D eigenvalue weighted by atomic mass is 9.85. The third-order valence-corrected chi connectivity index (χ3v) is 7.78. The Morgan fingerprint density at radius 1 is 1.03 bits per heavy atom. The molecule has 3 aliphatic rings. The maximum atomic E-state index is 13.1. The van der Waals surface area contributed by atoms with Crippen LogP contribution in [0, 0.1) is 17.8 Å². The Balaban J connectivity index is 1.33. The summed E-state index contributed by atoms with van der Waals surface area (Å²) in [5.41, 5.74) is 7.29. The van der Waals surface area contributed by atoms with Gasteiger partial charge in [-0.15, -0.1) is 0 Å². The van der Waals surface area contributed by atoms with Gasteiger partial charge in [0.15, 0.2) is 0 Å². The summed E-state index contributed by atoms with van der Waals surface area (Å²) in [4.78, 5) is 15.2. The van der Waals surface area contributed by atoms with E-state index in [2.05, 4.69) is 35.6 Å². The number of amides is 2. The van der Waals surface area contributed by atoms with Gasteiger partial charge in [-0.2, -0.15) is 0 Å². The molecule has 2 saturated carbocycles. The molecule has 1 unspecified atom stereocenters. The highest BCUT2D eigenvalue weighted by Crippen LogP contribution is 2.36. The van der Waals surface area contributed by atoms with Crippen LogP contribution < -0.4 is 11.1 Å². The Labute approximate surface area is 194 Å². The zero-order valence-corrected chi connectivity index (χ0v) is 19.7. The quantitative estimate of drug-likeness (QED) is 0.520. The van der Waals surface area contributed by atoms with Crippen LogP contribution in [0.4, 0.5) is 4.79 Å². The summed E-state index contributed by atoms with van der Waals surface area (Å²) in [7, 11) is 0. The van der Waals surface area contributed by atoms with E-state index in [9.17, 15) is 4.79 Å². The Hall–Kier alpha value is -1.59. The maximum Gasteiger partial charge on any atom is 0.317 e. The lowest BCUT2D eigenvalue weighted by molar-refractivity contribution is -0.0127. The molecule has 0 bridgehead atoms. The molecule has 0 aromatic heterocycles. The van der Waals surface area contributed by atoms with Gasteiger partial charge < -0.3 is 20.7 Å². The van der Waals surface area contributed by atoms with E-state index in [1.165, 1.54) is 56.9 Å². The van der Waals surface area contributed by atoms with Gasteiger partial charge in [-0.05, 0) is 43.1 Å². The first-order valence-corrected chi connectivity index (χ1v) is 13.1. The first-order valence-electron chi connectivity index (χ1n) is 13.1. The SMILES string of the molecule is NCC(CC1CCCCC1)NC(=O)N1CCC[C@@H]([C@@H](OCCC2CC2)c2ccccc2)C1. The van der Waals surface area contributed by atoms with Crippen molar-refractivity contribution in [3.63, 3.8) is 0 Å². The van der Waals surface area contributed by atoms with Crippen molar-refractivity contribution in [2.24, 2.45) is 23.5 Å². The van der Waals surface area contributed by atoms with E-state index in [1.807, 2.05) is 4.90 Å². The van der Waals surface area contributed by atoms with Gasteiger partial charge in [0.05, 0.1) is 6.10 Å². The number of hydrogen-bond donors (Lipinski definition) is 2. The summed E-state index contributed by atoms with van der Waals surface area (Å²) in [5.74, 6) is 1.93. The van der Waals surface area contributed by atoms with Gasteiger partial charge >= 0.3 is 6.03 Å². The number of likely N-dealkylation sites (tertiary alicyclic amines) is 1. The molecule has 5 heteroatoms. The molecule has 0 radical (unpaired) electrons. The molecule has 3 fully saturated rings. The van der Waals surface area contributed by atoms with Crippen LogP contribution in [-0.2, 0) is 4.74 Å². The summed E-state index contributed by atoms with van der Waals surface area (Å²) in [5, 5.41) is 3.27. The number of nitrogens with zero attached hydrogens (tertiary/aromatic N) is 1. The number of benzene rings is 1. The number of carbonyl (C=O) groups is 1. The van der Waals surface area contributed by atoms with Crippen molar-refractivity contribution in [1.29, 1.82) is 0 Å². The molecule has 5 nitrogen and oxygen atoms in total. The standard InChI is InChI=1S/C27H43N3O2/c28-19-25(18-22-8-3-1-4-9-22)29-27(31)30-16-7-12-24(20-30)26(23-10-5-2-6-11-23)32-17-15-21-13-14-21/h2,5-6,10-11,21-22,24-26H,1,3-4,7-9,12-20,28H2,(H,29,31)/t24-,25?,26+/m1/s1. The van der Waals surface area contributed by atoms with Crippen molar-refractivity contribution < 1.29 is 9.53 Å². The summed E-state index contributed by atoms with van der Waals surface area (Å²) in [6.45, 7) is 2.93. The van der Waals surface area contributed by atoms with Crippen LogP contribution >= 0.6 is 0 Å². The Kier molecular flexibility index (Phi) is 8.86. The van der Waals surface area contributed by atoms with Crippen molar-refractivity contribution in [1.82, 2.24) is 10.2 Å². The van der Waals surface area contributed by atoms with Gasteiger partial charge in [-0.1, -0.05) is 75.3 Å². The van der Waals surface area contributed by atoms with Crippen LogP contribution in [0.3, 0.4) is 0 Å². The zero-order valence-electron chi connectivity index (χ0n) is 19.7. The first kappa shape index (κ1) is 23.6. The molecule has 32 heavy (non-hydrogen) atoms. The van der Waals surface area contributed by atoms with Gasteiger partial charge in [0.2, 0.25) is 0 Å². The number of ether oxygens (including phenoxy) is 1. The number of nitrogens with two attached hydrogens (primary N) is 1. The molecular weight excluding hydrogens is 398 g/mol. The fraction of sp³-hybridized carbons (Fsp3) is 0.741. The number of nitrogens with one attached hydrogen (secondary N) is 1. The summed E-state index contributed by atoms with van der Waals surface area (Å²) >= 11 is 0. The molecule has 3 N–H and O–H groups in total. The summed E-state index contributed by atoms with van der Waals surface area (Å²) in [6.07, 6.45) is 13.7.